The largest absolute Gasteiger partial charge is 0.741 e. The van der Waals surface area contributed by atoms with Crippen LogP contribution in [0.1, 0.15) is 17.0 Å². The number of halogens is 3. The van der Waals surface area contributed by atoms with Crippen molar-refractivity contribution in [3.05, 3.63) is 71.8 Å². The summed E-state index contributed by atoms with van der Waals surface area (Å²) >= 11 is 3.64. The fourth-order valence-corrected chi connectivity index (χ4v) is 2.27. The summed E-state index contributed by atoms with van der Waals surface area (Å²) in [5.41, 5.74) is -2.93. The summed E-state index contributed by atoms with van der Waals surface area (Å²) in [6.07, 6.45) is 0. The van der Waals surface area contributed by atoms with Crippen LogP contribution in [0.15, 0.2) is 60.7 Å². The highest BCUT2D eigenvalue weighted by Crippen LogP contribution is 2.23. The van der Waals surface area contributed by atoms with E-state index in [4.69, 9.17) is 13.0 Å². The van der Waals surface area contributed by atoms with E-state index in [1.54, 1.807) is 0 Å². The van der Waals surface area contributed by atoms with Crippen LogP contribution in [0.25, 0.3) is 0 Å². The minimum absolute atomic E-state index is 0.448. The maximum Gasteiger partial charge on any atom is 0.485 e. The zero-order valence-electron chi connectivity index (χ0n) is 11.8. The highest BCUT2D eigenvalue weighted by molar-refractivity contribution is 7.86. The van der Waals surface area contributed by atoms with Crippen molar-refractivity contribution in [2.24, 2.45) is 0 Å². The number of hydrogen-bond donors (Lipinski definition) is 0. The molecule has 0 aliphatic heterocycles. The lowest BCUT2D eigenvalue weighted by atomic mass is 9.93. The van der Waals surface area contributed by atoms with Gasteiger partial charge in [-0.05, 0) is 23.8 Å². The van der Waals surface area contributed by atoms with Gasteiger partial charge in [0.1, 0.15) is 5.75 Å². The topological polar surface area (TPSA) is 57.2 Å². The summed E-state index contributed by atoms with van der Waals surface area (Å²) in [7, 11) is -6.09. The van der Waals surface area contributed by atoms with E-state index in [1.165, 1.54) is 11.1 Å². The Morgan fingerprint density at radius 3 is 1.43 bits per heavy atom. The van der Waals surface area contributed by atoms with E-state index in [-0.39, 0.29) is 0 Å². The van der Waals surface area contributed by atoms with E-state index in [2.05, 4.69) is 73.3 Å². The molecule has 8 heteroatoms. The molecule has 2 aromatic carbocycles. The van der Waals surface area contributed by atoms with Gasteiger partial charge in [-0.1, -0.05) is 60.7 Å². The summed E-state index contributed by atoms with van der Waals surface area (Å²) in [6.45, 7) is 0. The van der Waals surface area contributed by atoms with E-state index in [1.807, 2.05) is 0 Å². The molecule has 0 radical (unpaired) electrons. The van der Waals surface area contributed by atoms with Crippen LogP contribution in [-0.2, 0) is 22.7 Å². The predicted molar refractivity (Wildman–Crippen MR) is 85.5 cm³/mol. The second kappa shape index (κ2) is 8.37. The minimum Gasteiger partial charge on any atom is -0.741 e. The Morgan fingerprint density at radius 2 is 1.22 bits per heavy atom. The molecule has 0 fully saturated rings. The van der Waals surface area contributed by atoms with Gasteiger partial charge in [0.2, 0.25) is 0 Å². The van der Waals surface area contributed by atoms with Crippen LogP contribution in [0, 0.1) is 0 Å². The molecule has 0 saturated carbocycles. The van der Waals surface area contributed by atoms with Crippen molar-refractivity contribution in [1.29, 1.82) is 0 Å². The van der Waals surface area contributed by atoms with Gasteiger partial charge >= 0.3 is 5.51 Å². The molecule has 2 rings (SSSR count). The molecular weight excluding hydrogens is 349 g/mol. The molecule has 0 aromatic heterocycles. The summed E-state index contributed by atoms with van der Waals surface area (Å²) in [4.78, 5) is 0. The first-order chi connectivity index (χ1) is 10.7. The van der Waals surface area contributed by atoms with Crippen molar-refractivity contribution < 1.29 is 26.1 Å². The fraction of sp³-hybridized carbons (Fsp3) is 0.200. The lowest BCUT2D eigenvalue weighted by molar-refractivity contribution is -0.0517. The average Bonchev–Trinajstić information content (AvgIpc) is 2.49. The zero-order chi connectivity index (χ0) is 17.5. The Balaban J connectivity index is 0.000000284. The summed E-state index contributed by atoms with van der Waals surface area (Å²) < 4.78 is 58.9. The van der Waals surface area contributed by atoms with Crippen molar-refractivity contribution in [2.45, 2.75) is 11.4 Å². The molecule has 3 nitrogen and oxygen atoms in total. The molecular formula is C15H15F3O3S2. The van der Waals surface area contributed by atoms with Crippen LogP contribution in [0.5, 0.6) is 0 Å². The zero-order valence-corrected chi connectivity index (χ0v) is 13.6. The van der Waals surface area contributed by atoms with Crippen LogP contribution in [0.2, 0.25) is 0 Å². The van der Waals surface area contributed by atoms with E-state index in [0.717, 1.165) is 5.75 Å². The van der Waals surface area contributed by atoms with E-state index in [0.29, 0.717) is 5.92 Å². The van der Waals surface area contributed by atoms with Crippen molar-refractivity contribution >= 4 is 22.7 Å². The first-order valence-corrected chi connectivity index (χ1v) is 8.55. The Morgan fingerprint density at radius 1 is 0.913 bits per heavy atom. The van der Waals surface area contributed by atoms with Gasteiger partial charge in [-0.15, -0.1) is 0 Å². The summed E-state index contributed by atoms with van der Waals surface area (Å²) in [6, 6.07) is 21.2. The normalized spacial score (nSPS) is 11.7. The van der Waals surface area contributed by atoms with Gasteiger partial charge in [-0.25, -0.2) is 8.42 Å². The van der Waals surface area contributed by atoms with Crippen molar-refractivity contribution in [3.63, 3.8) is 0 Å². The Bertz CT molecular complexity index is 647. The van der Waals surface area contributed by atoms with Crippen LogP contribution in [0.4, 0.5) is 13.2 Å². The second-order valence-corrected chi connectivity index (χ2v) is 6.26. The Kier molecular flexibility index (Phi) is 7.11. The molecule has 0 aliphatic carbocycles. The average molecular weight is 364 g/mol. The van der Waals surface area contributed by atoms with Gasteiger partial charge in [-0.2, -0.15) is 13.2 Å². The molecule has 0 atom stereocenters. The molecule has 0 N–H and O–H groups in total. The maximum absolute atomic E-state index is 10.7. The number of alkyl halides is 3. The molecule has 0 aliphatic rings. The first kappa shape index (κ1) is 19.5. The molecule has 126 valence electrons. The van der Waals surface area contributed by atoms with Crippen molar-refractivity contribution in [3.8, 4) is 0 Å². The molecule has 0 heterocycles. The summed E-state index contributed by atoms with van der Waals surface area (Å²) in [5.74, 6) is 1.40. The lowest BCUT2D eigenvalue weighted by Gasteiger charge is -2.12. The Labute approximate surface area is 138 Å². The molecule has 0 bridgehead atoms. The van der Waals surface area contributed by atoms with Crippen LogP contribution >= 0.6 is 0 Å². The van der Waals surface area contributed by atoms with E-state index in [9.17, 15) is 13.2 Å². The number of rotatable bonds is 3. The SMILES string of the molecule is O=S(=O)([O-])C(F)(F)F.[SH2+]CC(c1ccccc1)c1ccccc1. The lowest BCUT2D eigenvalue weighted by Crippen LogP contribution is -2.21. The third-order valence-electron chi connectivity index (χ3n) is 2.89. The highest BCUT2D eigenvalue weighted by Gasteiger charge is 2.36. The maximum atomic E-state index is 10.7. The van der Waals surface area contributed by atoms with Crippen molar-refractivity contribution in [2.75, 3.05) is 5.75 Å². The fourth-order valence-electron chi connectivity index (χ4n) is 1.80. The van der Waals surface area contributed by atoms with Gasteiger partial charge in [0.25, 0.3) is 0 Å². The molecule has 0 amide bonds. The van der Waals surface area contributed by atoms with Crippen LogP contribution in [-0.4, -0.2) is 24.2 Å². The van der Waals surface area contributed by atoms with Gasteiger partial charge in [0.05, 0.1) is 5.92 Å². The molecule has 23 heavy (non-hydrogen) atoms. The van der Waals surface area contributed by atoms with Gasteiger partial charge in [0.15, 0.2) is 10.1 Å². The molecule has 0 unspecified atom stereocenters. The first-order valence-electron chi connectivity index (χ1n) is 6.43. The molecule has 0 saturated heterocycles. The monoisotopic (exact) mass is 364 g/mol. The highest BCUT2D eigenvalue weighted by atomic mass is 32.2. The quantitative estimate of drug-likeness (QED) is 0.478. The second-order valence-electron chi connectivity index (χ2n) is 4.48. The van der Waals surface area contributed by atoms with Gasteiger partial charge < -0.3 is 4.55 Å². The Hall–Kier alpha value is -1.51. The van der Waals surface area contributed by atoms with E-state index >= 15 is 0 Å². The van der Waals surface area contributed by atoms with E-state index < -0.39 is 15.6 Å². The number of hydrogen-bond acceptors (Lipinski definition) is 3. The smallest absolute Gasteiger partial charge is 0.485 e. The third-order valence-corrected chi connectivity index (χ3v) is 3.87. The van der Waals surface area contributed by atoms with Crippen molar-refractivity contribution in [1.82, 2.24) is 0 Å². The van der Waals surface area contributed by atoms with Gasteiger partial charge in [0, 0.05) is 0 Å². The van der Waals surface area contributed by atoms with Gasteiger partial charge in [-0.3, -0.25) is 0 Å². The number of benzene rings is 2. The van der Waals surface area contributed by atoms with Crippen LogP contribution < -0.4 is 0 Å². The minimum atomic E-state index is -6.09. The third kappa shape index (κ3) is 6.25. The van der Waals surface area contributed by atoms with Crippen LogP contribution in [0.3, 0.4) is 0 Å². The molecule has 2 aromatic rings. The molecule has 0 spiro atoms. The standard InChI is InChI=1S/C14H14S.CHF3O3S/c15-11-14(12-7-3-1-4-8-12)13-9-5-2-6-10-13;2-1(3,4)8(5,6)7/h1-10,14-15H,11H2;(H,5,6,7). The summed E-state index contributed by atoms with van der Waals surface area (Å²) in [5, 5.41) is 0. The predicted octanol–water partition coefficient (Wildman–Crippen LogP) is 2.88.